The Kier molecular flexibility index (Phi) is 6.02. The van der Waals surface area contributed by atoms with Gasteiger partial charge in [0.1, 0.15) is 11.8 Å². The van der Waals surface area contributed by atoms with Gasteiger partial charge in [0.05, 0.1) is 0 Å². The molecule has 0 aromatic heterocycles. The number of ether oxygens (including phenoxy) is 1. The number of benzene rings is 1. The maximum absolute atomic E-state index is 12.5. The van der Waals surface area contributed by atoms with Crippen LogP contribution in [0.1, 0.15) is 32.3 Å². The van der Waals surface area contributed by atoms with Crippen LogP contribution in [-0.4, -0.2) is 42.5 Å². The average Bonchev–Trinajstić information content (AvgIpc) is 3.05. The van der Waals surface area contributed by atoms with Crippen molar-refractivity contribution >= 4 is 11.8 Å². The molecule has 1 aliphatic rings. The molecular formula is C18H26N2O3. The van der Waals surface area contributed by atoms with Gasteiger partial charge >= 0.3 is 0 Å². The van der Waals surface area contributed by atoms with Crippen molar-refractivity contribution in [2.75, 3.05) is 19.7 Å². The molecule has 0 unspecified atom stereocenters. The summed E-state index contributed by atoms with van der Waals surface area (Å²) in [7, 11) is 0. The first-order chi connectivity index (χ1) is 11.0. The number of carbonyl (C=O) groups is 2. The van der Waals surface area contributed by atoms with E-state index in [1.807, 2.05) is 49.9 Å². The van der Waals surface area contributed by atoms with Gasteiger partial charge in [-0.2, -0.15) is 0 Å². The van der Waals surface area contributed by atoms with E-state index < -0.39 is 6.04 Å². The zero-order valence-electron chi connectivity index (χ0n) is 14.2. The van der Waals surface area contributed by atoms with E-state index in [0.29, 0.717) is 5.75 Å². The van der Waals surface area contributed by atoms with E-state index in [4.69, 9.17) is 4.74 Å². The van der Waals surface area contributed by atoms with Crippen LogP contribution in [0.2, 0.25) is 0 Å². The van der Waals surface area contributed by atoms with E-state index in [1.165, 1.54) is 0 Å². The molecule has 126 valence electrons. The lowest BCUT2D eigenvalue weighted by atomic mass is 10.0. The second-order valence-corrected chi connectivity index (χ2v) is 6.42. The second kappa shape index (κ2) is 7.99. The highest BCUT2D eigenvalue weighted by atomic mass is 16.5. The molecule has 0 aliphatic carbocycles. The summed E-state index contributed by atoms with van der Waals surface area (Å²) >= 11 is 0. The van der Waals surface area contributed by atoms with Gasteiger partial charge in [-0.25, -0.2) is 0 Å². The molecule has 1 fully saturated rings. The summed E-state index contributed by atoms with van der Waals surface area (Å²) in [6.07, 6.45) is 2.09. The van der Waals surface area contributed by atoms with Crippen molar-refractivity contribution in [1.82, 2.24) is 10.2 Å². The fourth-order valence-corrected chi connectivity index (χ4v) is 2.65. The van der Waals surface area contributed by atoms with Crippen molar-refractivity contribution in [2.45, 2.75) is 39.7 Å². The molecule has 1 N–H and O–H groups in total. The van der Waals surface area contributed by atoms with Crippen LogP contribution in [0.4, 0.5) is 0 Å². The molecule has 1 saturated heterocycles. The fourth-order valence-electron chi connectivity index (χ4n) is 2.65. The predicted octanol–water partition coefficient (Wildman–Crippen LogP) is 2.14. The maximum atomic E-state index is 12.5. The highest BCUT2D eigenvalue weighted by Gasteiger charge is 2.29. The van der Waals surface area contributed by atoms with Crippen LogP contribution in [0.3, 0.4) is 0 Å². The third kappa shape index (κ3) is 4.98. The molecule has 0 spiro atoms. The van der Waals surface area contributed by atoms with E-state index in [1.54, 1.807) is 0 Å². The van der Waals surface area contributed by atoms with Crippen LogP contribution in [-0.2, 0) is 9.59 Å². The zero-order valence-corrected chi connectivity index (χ0v) is 14.2. The van der Waals surface area contributed by atoms with E-state index in [2.05, 4.69) is 5.32 Å². The smallest absolute Gasteiger partial charge is 0.258 e. The van der Waals surface area contributed by atoms with Gasteiger partial charge in [-0.3, -0.25) is 9.59 Å². The number of aryl methyl sites for hydroxylation is 1. The normalized spacial score (nSPS) is 15.6. The molecule has 2 amide bonds. The van der Waals surface area contributed by atoms with Crippen molar-refractivity contribution < 1.29 is 14.3 Å². The van der Waals surface area contributed by atoms with Crippen LogP contribution in [0, 0.1) is 12.8 Å². The summed E-state index contributed by atoms with van der Waals surface area (Å²) in [5.41, 5.74) is 1.14. The molecule has 1 atom stereocenters. The molecule has 0 bridgehead atoms. The Labute approximate surface area is 138 Å². The Balaban J connectivity index is 1.87. The Morgan fingerprint density at radius 2 is 1.78 bits per heavy atom. The SMILES string of the molecule is Cc1ccc(OCC(=O)N[C@H](C(=O)N2CCCC2)C(C)C)cc1. The van der Waals surface area contributed by atoms with Crippen molar-refractivity contribution in [3.05, 3.63) is 29.8 Å². The summed E-state index contributed by atoms with van der Waals surface area (Å²) in [4.78, 5) is 26.5. The summed E-state index contributed by atoms with van der Waals surface area (Å²) in [5, 5.41) is 2.82. The van der Waals surface area contributed by atoms with Gasteiger partial charge in [0.2, 0.25) is 5.91 Å². The number of hydrogen-bond acceptors (Lipinski definition) is 3. The summed E-state index contributed by atoms with van der Waals surface area (Å²) in [5.74, 6) is 0.446. The number of nitrogens with one attached hydrogen (secondary N) is 1. The van der Waals surface area contributed by atoms with E-state index >= 15 is 0 Å². The minimum atomic E-state index is -0.484. The van der Waals surface area contributed by atoms with E-state index in [-0.39, 0.29) is 24.3 Å². The van der Waals surface area contributed by atoms with Gasteiger partial charge in [0, 0.05) is 13.1 Å². The van der Waals surface area contributed by atoms with Crippen LogP contribution < -0.4 is 10.1 Å². The van der Waals surface area contributed by atoms with Gasteiger partial charge in [0.15, 0.2) is 6.61 Å². The first-order valence-electron chi connectivity index (χ1n) is 8.25. The van der Waals surface area contributed by atoms with Crippen LogP contribution in [0.15, 0.2) is 24.3 Å². The lowest BCUT2D eigenvalue weighted by Gasteiger charge is -2.26. The zero-order chi connectivity index (χ0) is 16.8. The van der Waals surface area contributed by atoms with Gasteiger partial charge in [0.25, 0.3) is 5.91 Å². The van der Waals surface area contributed by atoms with Gasteiger partial charge in [-0.15, -0.1) is 0 Å². The van der Waals surface area contributed by atoms with Crippen LogP contribution in [0.25, 0.3) is 0 Å². The molecule has 1 aliphatic heterocycles. The highest BCUT2D eigenvalue weighted by Crippen LogP contribution is 2.14. The molecule has 2 rings (SSSR count). The maximum Gasteiger partial charge on any atom is 0.258 e. The lowest BCUT2D eigenvalue weighted by Crippen LogP contribution is -2.51. The first-order valence-corrected chi connectivity index (χ1v) is 8.25. The Morgan fingerprint density at radius 1 is 1.17 bits per heavy atom. The number of amides is 2. The van der Waals surface area contributed by atoms with Crippen molar-refractivity contribution in [3.63, 3.8) is 0 Å². The summed E-state index contributed by atoms with van der Waals surface area (Å²) < 4.78 is 5.47. The Morgan fingerprint density at radius 3 is 2.35 bits per heavy atom. The molecule has 5 nitrogen and oxygen atoms in total. The lowest BCUT2D eigenvalue weighted by molar-refractivity contribution is -0.137. The van der Waals surface area contributed by atoms with Gasteiger partial charge in [-0.1, -0.05) is 31.5 Å². The topological polar surface area (TPSA) is 58.6 Å². The Bertz CT molecular complexity index is 534. The van der Waals surface area contributed by atoms with Crippen LogP contribution in [0.5, 0.6) is 5.75 Å². The minimum Gasteiger partial charge on any atom is -0.484 e. The molecule has 1 aromatic rings. The number of hydrogen-bond donors (Lipinski definition) is 1. The Hall–Kier alpha value is -2.04. The summed E-state index contributed by atoms with van der Waals surface area (Å²) in [6, 6.07) is 7.04. The standard InChI is InChI=1S/C18H26N2O3/c1-13(2)17(18(22)20-10-4-5-11-20)19-16(21)12-23-15-8-6-14(3)7-9-15/h6-9,13,17H,4-5,10-12H2,1-3H3,(H,19,21)/t17-/m0/s1. The van der Waals surface area contributed by atoms with Gasteiger partial charge < -0.3 is 15.0 Å². The molecule has 5 heteroatoms. The van der Waals surface area contributed by atoms with Crippen molar-refractivity contribution in [3.8, 4) is 5.75 Å². The molecule has 0 radical (unpaired) electrons. The predicted molar refractivity (Wildman–Crippen MR) is 89.3 cm³/mol. The van der Waals surface area contributed by atoms with E-state index in [9.17, 15) is 9.59 Å². The molecule has 23 heavy (non-hydrogen) atoms. The van der Waals surface area contributed by atoms with Gasteiger partial charge in [-0.05, 0) is 37.8 Å². The monoisotopic (exact) mass is 318 g/mol. The number of nitrogens with zero attached hydrogens (tertiary/aromatic N) is 1. The summed E-state index contributed by atoms with van der Waals surface area (Å²) in [6.45, 7) is 7.38. The fraction of sp³-hybridized carbons (Fsp3) is 0.556. The third-order valence-corrected chi connectivity index (χ3v) is 4.06. The highest BCUT2D eigenvalue weighted by molar-refractivity contribution is 5.88. The molecule has 1 heterocycles. The number of carbonyl (C=O) groups excluding carboxylic acids is 2. The largest absolute Gasteiger partial charge is 0.484 e. The quantitative estimate of drug-likeness (QED) is 0.874. The second-order valence-electron chi connectivity index (χ2n) is 6.42. The average molecular weight is 318 g/mol. The number of rotatable bonds is 6. The minimum absolute atomic E-state index is 0.0150. The van der Waals surface area contributed by atoms with Crippen LogP contribution >= 0.6 is 0 Å². The van der Waals surface area contributed by atoms with E-state index in [0.717, 1.165) is 31.5 Å². The van der Waals surface area contributed by atoms with Crippen molar-refractivity contribution in [2.24, 2.45) is 5.92 Å². The third-order valence-electron chi connectivity index (χ3n) is 4.06. The molecular weight excluding hydrogens is 292 g/mol. The number of likely N-dealkylation sites (tertiary alicyclic amines) is 1. The molecule has 0 saturated carbocycles. The van der Waals surface area contributed by atoms with Crippen molar-refractivity contribution in [1.29, 1.82) is 0 Å². The first kappa shape index (κ1) is 17.3. The molecule has 1 aromatic carbocycles.